The lowest BCUT2D eigenvalue weighted by atomic mass is 10.2. The van der Waals surface area contributed by atoms with E-state index in [-0.39, 0.29) is 18.1 Å². The number of anilines is 1. The predicted molar refractivity (Wildman–Crippen MR) is 64.3 cm³/mol. The summed E-state index contributed by atoms with van der Waals surface area (Å²) in [7, 11) is 2.97. The van der Waals surface area contributed by atoms with Crippen LogP contribution < -0.4 is 20.5 Å². The molecule has 3 N–H and O–H groups in total. The highest BCUT2D eigenvalue weighted by molar-refractivity contribution is 5.27. The van der Waals surface area contributed by atoms with Gasteiger partial charge in [-0.1, -0.05) is 13.3 Å². The van der Waals surface area contributed by atoms with E-state index >= 15 is 0 Å². The third-order valence-corrected chi connectivity index (χ3v) is 2.14. The number of methoxy groups -OCH3 is 2. The van der Waals surface area contributed by atoms with Gasteiger partial charge in [0.05, 0.1) is 14.2 Å². The molecular formula is C10H19N5O2. The number of aromatic nitrogens is 3. The van der Waals surface area contributed by atoms with Crippen molar-refractivity contribution in [2.75, 3.05) is 26.1 Å². The van der Waals surface area contributed by atoms with E-state index in [2.05, 4.69) is 27.2 Å². The minimum atomic E-state index is 0.0776. The number of hydrogen-bond acceptors (Lipinski definition) is 7. The first kappa shape index (κ1) is 13.4. The fourth-order valence-corrected chi connectivity index (χ4v) is 1.29. The highest BCUT2D eigenvalue weighted by Gasteiger charge is 2.08. The van der Waals surface area contributed by atoms with Crippen molar-refractivity contribution in [3.63, 3.8) is 0 Å². The summed E-state index contributed by atoms with van der Waals surface area (Å²) in [6, 6.07) is 0.501. The Kier molecular flexibility index (Phi) is 5.41. The fraction of sp³-hybridized carbons (Fsp3) is 0.700. The number of rotatable bonds is 7. The zero-order valence-corrected chi connectivity index (χ0v) is 10.4. The molecule has 0 saturated carbocycles. The first-order valence-corrected chi connectivity index (χ1v) is 5.53. The molecule has 7 nitrogen and oxygen atoms in total. The van der Waals surface area contributed by atoms with Crippen molar-refractivity contribution in [2.24, 2.45) is 5.73 Å². The monoisotopic (exact) mass is 241 g/mol. The molecule has 17 heavy (non-hydrogen) atoms. The van der Waals surface area contributed by atoms with E-state index in [1.54, 1.807) is 0 Å². The minimum absolute atomic E-state index is 0.0776. The molecule has 0 spiro atoms. The minimum Gasteiger partial charge on any atom is -0.467 e. The number of ether oxygens (including phenoxy) is 2. The average molecular weight is 241 g/mol. The highest BCUT2D eigenvalue weighted by Crippen LogP contribution is 2.11. The zero-order valence-electron chi connectivity index (χ0n) is 10.4. The smallest absolute Gasteiger partial charge is 0.324 e. The molecule has 1 aromatic heterocycles. The predicted octanol–water partition coefficient (Wildman–Crippen LogP) is 0.428. The lowest BCUT2D eigenvalue weighted by molar-refractivity contribution is 0.341. The molecule has 0 amide bonds. The van der Waals surface area contributed by atoms with E-state index in [1.807, 2.05) is 0 Å². The molecule has 0 aromatic carbocycles. The lowest BCUT2D eigenvalue weighted by Crippen LogP contribution is -2.29. The second-order valence-electron chi connectivity index (χ2n) is 3.56. The van der Waals surface area contributed by atoms with Crippen LogP contribution in [0.15, 0.2) is 0 Å². The third-order valence-electron chi connectivity index (χ3n) is 2.14. The van der Waals surface area contributed by atoms with Gasteiger partial charge in [0, 0.05) is 12.6 Å². The Hall–Kier alpha value is -1.63. The number of hydrogen-bond donors (Lipinski definition) is 2. The number of nitrogens with two attached hydrogens (primary N) is 1. The molecule has 0 bridgehead atoms. The topological polar surface area (TPSA) is 95.2 Å². The SMILES string of the molecule is CCCC(N)CNc1nc(OC)nc(OC)n1. The Bertz CT molecular complexity index is 325. The van der Waals surface area contributed by atoms with Crippen LogP contribution in [0, 0.1) is 0 Å². The number of nitrogens with zero attached hydrogens (tertiary/aromatic N) is 3. The summed E-state index contributed by atoms with van der Waals surface area (Å²) < 4.78 is 9.88. The molecule has 0 radical (unpaired) electrons. The Balaban J connectivity index is 2.63. The normalized spacial score (nSPS) is 12.0. The van der Waals surface area contributed by atoms with Crippen LogP contribution in [0.2, 0.25) is 0 Å². The summed E-state index contributed by atoms with van der Waals surface area (Å²) in [4.78, 5) is 12.0. The van der Waals surface area contributed by atoms with Gasteiger partial charge in [-0.25, -0.2) is 0 Å². The van der Waals surface area contributed by atoms with E-state index in [9.17, 15) is 0 Å². The van der Waals surface area contributed by atoms with Crippen molar-refractivity contribution in [1.29, 1.82) is 0 Å². The summed E-state index contributed by atoms with van der Waals surface area (Å²) in [5.41, 5.74) is 5.88. The highest BCUT2D eigenvalue weighted by atomic mass is 16.5. The van der Waals surface area contributed by atoms with Gasteiger partial charge in [-0.2, -0.15) is 9.97 Å². The molecule has 0 aliphatic carbocycles. The van der Waals surface area contributed by atoms with Gasteiger partial charge in [0.25, 0.3) is 0 Å². The maximum atomic E-state index is 5.88. The van der Waals surface area contributed by atoms with Gasteiger partial charge in [0.15, 0.2) is 0 Å². The first-order chi connectivity index (χ1) is 8.19. The van der Waals surface area contributed by atoms with Crippen LogP contribution in [-0.2, 0) is 0 Å². The molecule has 0 saturated heterocycles. The Morgan fingerprint density at radius 2 is 1.76 bits per heavy atom. The average Bonchev–Trinajstić information content (AvgIpc) is 2.36. The molecule has 1 heterocycles. The van der Waals surface area contributed by atoms with Crippen LogP contribution >= 0.6 is 0 Å². The van der Waals surface area contributed by atoms with Crippen LogP contribution in [0.3, 0.4) is 0 Å². The number of nitrogens with one attached hydrogen (secondary N) is 1. The van der Waals surface area contributed by atoms with Gasteiger partial charge in [-0.05, 0) is 6.42 Å². The van der Waals surface area contributed by atoms with Crippen molar-refractivity contribution < 1.29 is 9.47 Å². The molecule has 0 fully saturated rings. The summed E-state index contributed by atoms with van der Waals surface area (Å²) in [5, 5.41) is 3.03. The van der Waals surface area contributed by atoms with Crippen LogP contribution in [0.4, 0.5) is 5.95 Å². The molecule has 1 rings (SSSR count). The molecule has 7 heteroatoms. The maximum absolute atomic E-state index is 5.88. The van der Waals surface area contributed by atoms with Gasteiger partial charge in [0.1, 0.15) is 0 Å². The Morgan fingerprint density at radius 3 is 2.24 bits per heavy atom. The van der Waals surface area contributed by atoms with Gasteiger partial charge in [-0.15, -0.1) is 4.98 Å². The Labute approximate surface area is 101 Å². The summed E-state index contributed by atoms with van der Waals surface area (Å²) >= 11 is 0. The zero-order chi connectivity index (χ0) is 12.7. The summed E-state index contributed by atoms with van der Waals surface area (Å²) in [5.74, 6) is 0.403. The second-order valence-corrected chi connectivity index (χ2v) is 3.56. The van der Waals surface area contributed by atoms with Crippen LogP contribution in [0.5, 0.6) is 12.0 Å². The lowest BCUT2D eigenvalue weighted by Gasteiger charge is -2.12. The van der Waals surface area contributed by atoms with Crippen molar-refractivity contribution >= 4 is 5.95 Å². The van der Waals surface area contributed by atoms with E-state index in [0.29, 0.717) is 12.5 Å². The van der Waals surface area contributed by atoms with E-state index < -0.39 is 0 Å². The summed E-state index contributed by atoms with van der Waals surface area (Å²) in [6.07, 6.45) is 2.00. The van der Waals surface area contributed by atoms with Gasteiger partial charge in [0.2, 0.25) is 5.95 Å². The van der Waals surface area contributed by atoms with Gasteiger partial charge >= 0.3 is 12.0 Å². The molecule has 1 atom stereocenters. The largest absolute Gasteiger partial charge is 0.467 e. The molecular weight excluding hydrogens is 222 g/mol. The molecule has 1 aromatic rings. The molecule has 0 aliphatic heterocycles. The molecule has 1 unspecified atom stereocenters. The van der Waals surface area contributed by atoms with E-state index in [4.69, 9.17) is 15.2 Å². The van der Waals surface area contributed by atoms with E-state index in [0.717, 1.165) is 12.8 Å². The molecule has 0 aliphatic rings. The van der Waals surface area contributed by atoms with Crippen molar-refractivity contribution in [3.8, 4) is 12.0 Å². The van der Waals surface area contributed by atoms with Crippen LogP contribution in [-0.4, -0.2) is 41.8 Å². The quantitative estimate of drug-likeness (QED) is 0.714. The van der Waals surface area contributed by atoms with Crippen LogP contribution in [0.1, 0.15) is 19.8 Å². The molecule has 96 valence electrons. The second kappa shape index (κ2) is 6.85. The van der Waals surface area contributed by atoms with Crippen molar-refractivity contribution in [1.82, 2.24) is 15.0 Å². The van der Waals surface area contributed by atoms with Crippen LogP contribution in [0.25, 0.3) is 0 Å². The fourth-order valence-electron chi connectivity index (χ4n) is 1.29. The van der Waals surface area contributed by atoms with Gasteiger partial charge in [-0.3, -0.25) is 0 Å². The first-order valence-electron chi connectivity index (χ1n) is 5.53. The van der Waals surface area contributed by atoms with Crippen molar-refractivity contribution in [3.05, 3.63) is 0 Å². The summed E-state index contributed by atoms with van der Waals surface area (Å²) in [6.45, 7) is 2.69. The Morgan fingerprint density at radius 1 is 1.18 bits per heavy atom. The maximum Gasteiger partial charge on any atom is 0.324 e. The van der Waals surface area contributed by atoms with Crippen molar-refractivity contribution in [2.45, 2.75) is 25.8 Å². The third kappa shape index (κ3) is 4.39. The standard InChI is InChI=1S/C10H19N5O2/c1-4-5-7(11)6-12-8-13-9(16-2)15-10(14-8)17-3/h7H,4-6,11H2,1-3H3,(H,12,13,14,15). The van der Waals surface area contributed by atoms with Gasteiger partial charge < -0.3 is 20.5 Å². The van der Waals surface area contributed by atoms with E-state index in [1.165, 1.54) is 14.2 Å².